The Morgan fingerprint density at radius 3 is 2.30 bits per heavy atom. The zero-order chi connectivity index (χ0) is 28.1. The number of amides is 2. The third-order valence-electron chi connectivity index (χ3n) is 7.00. The molecule has 0 bridgehead atoms. The first-order valence-electron chi connectivity index (χ1n) is 13.4. The van der Waals surface area contributed by atoms with Crippen LogP contribution in [0.25, 0.3) is 16.6 Å². The Balaban J connectivity index is 1.63. The second-order valence-electron chi connectivity index (χ2n) is 9.75. The summed E-state index contributed by atoms with van der Waals surface area (Å²) < 4.78 is 2.56. The first kappa shape index (κ1) is 27.3. The fourth-order valence-electron chi connectivity index (χ4n) is 4.88. The van der Waals surface area contributed by atoms with Gasteiger partial charge >= 0.3 is 6.03 Å². The summed E-state index contributed by atoms with van der Waals surface area (Å²) in [5, 5.41) is 3.61. The zero-order valence-electron chi connectivity index (χ0n) is 22.5. The Morgan fingerprint density at radius 1 is 0.925 bits per heavy atom. The van der Waals surface area contributed by atoms with Crippen LogP contribution in [0.1, 0.15) is 36.3 Å². The molecule has 5 aromatic rings. The molecule has 1 N–H and O–H groups in total. The van der Waals surface area contributed by atoms with E-state index in [0.29, 0.717) is 47.5 Å². The number of carbonyl (C=O) groups excluding carboxylic acids is 1. The number of aromatic nitrogens is 2. The standard InChI is InChI=1S/C33H31BrN4O2/c1-3-30(31-36-29-12-8-7-11-28(29)32(39)38(31)27-19-15-25(34)16-20-27)37(22-21-24-9-5-4-6-10-24)33(40)35-26-17-13-23(2)14-18-26/h4-20,30H,3,21-22H2,1-2H3,(H,35,40). The Labute approximate surface area is 242 Å². The molecule has 202 valence electrons. The SMILES string of the molecule is CCC(c1nc2ccccc2c(=O)n1-c1ccc(Br)cc1)N(CCc1ccccc1)C(=O)Nc1ccc(C)cc1. The van der Waals surface area contributed by atoms with Gasteiger partial charge in [0.25, 0.3) is 5.56 Å². The van der Waals surface area contributed by atoms with Gasteiger partial charge in [0.1, 0.15) is 5.82 Å². The molecule has 1 unspecified atom stereocenters. The highest BCUT2D eigenvalue weighted by atomic mass is 79.9. The van der Waals surface area contributed by atoms with Crippen LogP contribution in [0.2, 0.25) is 0 Å². The molecular formula is C33H31BrN4O2. The maximum atomic E-state index is 13.9. The van der Waals surface area contributed by atoms with Crippen molar-refractivity contribution >= 4 is 38.6 Å². The number of para-hydroxylation sites is 1. The van der Waals surface area contributed by atoms with Gasteiger partial charge in [-0.05, 0) is 73.9 Å². The predicted octanol–water partition coefficient (Wildman–Crippen LogP) is 7.68. The van der Waals surface area contributed by atoms with Crippen LogP contribution in [0.5, 0.6) is 0 Å². The Morgan fingerprint density at radius 2 is 1.60 bits per heavy atom. The average molecular weight is 596 g/mol. The van der Waals surface area contributed by atoms with Crippen molar-refractivity contribution in [3.05, 3.63) is 135 Å². The van der Waals surface area contributed by atoms with Gasteiger partial charge in [-0.15, -0.1) is 0 Å². The van der Waals surface area contributed by atoms with E-state index in [2.05, 4.69) is 33.4 Å². The van der Waals surface area contributed by atoms with Crippen molar-refractivity contribution in [2.75, 3.05) is 11.9 Å². The number of urea groups is 1. The summed E-state index contributed by atoms with van der Waals surface area (Å²) in [4.78, 5) is 34.7. The lowest BCUT2D eigenvalue weighted by Gasteiger charge is -2.32. The molecule has 1 heterocycles. The number of fused-ring (bicyclic) bond motifs is 1. The Hall–Kier alpha value is -4.23. The molecule has 2 amide bonds. The molecule has 5 rings (SSSR count). The number of hydrogen-bond acceptors (Lipinski definition) is 3. The van der Waals surface area contributed by atoms with Gasteiger partial charge in [0, 0.05) is 16.7 Å². The first-order chi connectivity index (χ1) is 19.4. The summed E-state index contributed by atoms with van der Waals surface area (Å²) in [7, 11) is 0. The van der Waals surface area contributed by atoms with Crippen LogP contribution in [-0.2, 0) is 6.42 Å². The van der Waals surface area contributed by atoms with Gasteiger partial charge in [-0.1, -0.05) is 83.0 Å². The van der Waals surface area contributed by atoms with Gasteiger partial charge in [-0.25, -0.2) is 9.78 Å². The van der Waals surface area contributed by atoms with E-state index in [9.17, 15) is 9.59 Å². The minimum atomic E-state index is -0.463. The highest BCUT2D eigenvalue weighted by Gasteiger charge is 2.29. The van der Waals surface area contributed by atoms with Crippen LogP contribution in [0.3, 0.4) is 0 Å². The van der Waals surface area contributed by atoms with Gasteiger partial charge in [0.2, 0.25) is 0 Å². The highest BCUT2D eigenvalue weighted by molar-refractivity contribution is 9.10. The smallest absolute Gasteiger partial charge is 0.314 e. The lowest BCUT2D eigenvalue weighted by molar-refractivity contribution is 0.182. The monoisotopic (exact) mass is 594 g/mol. The number of nitrogens with one attached hydrogen (secondary N) is 1. The minimum Gasteiger partial charge on any atom is -0.314 e. The van der Waals surface area contributed by atoms with Crippen LogP contribution in [0.4, 0.5) is 10.5 Å². The normalized spacial score (nSPS) is 11.8. The maximum absolute atomic E-state index is 13.9. The molecule has 0 aliphatic heterocycles. The maximum Gasteiger partial charge on any atom is 0.322 e. The summed E-state index contributed by atoms with van der Waals surface area (Å²) in [5.74, 6) is 0.528. The van der Waals surface area contributed by atoms with Crippen molar-refractivity contribution in [3.8, 4) is 5.69 Å². The number of aryl methyl sites for hydroxylation is 1. The van der Waals surface area contributed by atoms with E-state index in [1.807, 2.05) is 98.8 Å². The van der Waals surface area contributed by atoms with Crippen LogP contribution < -0.4 is 10.9 Å². The molecule has 0 aliphatic rings. The molecule has 0 spiro atoms. The molecular weight excluding hydrogens is 564 g/mol. The van der Waals surface area contributed by atoms with E-state index in [0.717, 1.165) is 15.6 Å². The topological polar surface area (TPSA) is 67.2 Å². The number of nitrogens with zero attached hydrogens (tertiary/aromatic N) is 3. The summed E-state index contributed by atoms with van der Waals surface area (Å²) in [6.07, 6.45) is 1.23. The molecule has 7 heteroatoms. The van der Waals surface area contributed by atoms with E-state index >= 15 is 0 Å². The van der Waals surface area contributed by atoms with Gasteiger partial charge in [-0.2, -0.15) is 0 Å². The molecule has 0 fully saturated rings. The Bertz CT molecular complexity index is 1670. The summed E-state index contributed by atoms with van der Waals surface area (Å²) in [5.41, 5.74) is 4.10. The molecule has 0 radical (unpaired) electrons. The van der Waals surface area contributed by atoms with E-state index in [1.165, 1.54) is 0 Å². The highest BCUT2D eigenvalue weighted by Crippen LogP contribution is 2.28. The quantitative estimate of drug-likeness (QED) is 0.200. The van der Waals surface area contributed by atoms with Crippen LogP contribution in [0, 0.1) is 6.92 Å². The first-order valence-corrected chi connectivity index (χ1v) is 14.2. The second kappa shape index (κ2) is 12.3. The molecule has 0 saturated heterocycles. The summed E-state index contributed by atoms with van der Waals surface area (Å²) in [6, 6.07) is 32.1. The largest absolute Gasteiger partial charge is 0.322 e. The number of benzene rings is 4. The van der Waals surface area contributed by atoms with Gasteiger partial charge in [0.15, 0.2) is 0 Å². The minimum absolute atomic E-state index is 0.164. The van der Waals surface area contributed by atoms with Crippen LogP contribution in [-0.4, -0.2) is 27.0 Å². The van der Waals surface area contributed by atoms with Crippen LogP contribution in [0.15, 0.2) is 112 Å². The molecule has 1 atom stereocenters. The lowest BCUT2D eigenvalue weighted by Crippen LogP contribution is -2.42. The second-order valence-corrected chi connectivity index (χ2v) is 10.7. The van der Waals surface area contributed by atoms with E-state index in [-0.39, 0.29) is 11.6 Å². The van der Waals surface area contributed by atoms with Gasteiger partial charge in [-0.3, -0.25) is 9.36 Å². The van der Waals surface area contributed by atoms with Crippen molar-refractivity contribution in [2.24, 2.45) is 0 Å². The van der Waals surface area contributed by atoms with Crippen molar-refractivity contribution < 1.29 is 4.79 Å². The molecule has 0 saturated carbocycles. The lowest BCUT2D eigenvalue weighted by atomic mass is 10.1. The van der Waals surface area contributed by atoms with Crippen LogP contribution >= 0.6 is 15.9 Å². The molecule has 0 aliphatic carbocycles. The fraction of sp³-hybridized carbons (Fsp3) is 0.182. The van der Waals surface area contributed by atoms with Crippen molar-refractivity contribution in [3.63, 3.8) is 0 Å². The summed E-state index contributed by atoms with van der Waals surface area (Å²) in [6.45, 7) is 4.48. The van der Waals surface area contributed by atoms with E-state index < -0.39 is 6.04 Å². The van der Waals surface area contributed by atoms with E-state index in [4.69, 9.17) is 4.98 Å². The number of carbonyl (C=O) groups is 1. The summed E-state index contributed by atoms with van der Waals surface area (Å²) >= 11 is 3.49. The third kappa shape index (κ3) is 6.00. The van der Waals surface area contributed by atoms with Crippen molar-refractivity contribution in [1.82, 2.24) is 14.5 Å². The number of halogens is 1. The van der Waals surface area contributed by atoms with Gasteiger partial charge < -0.3 is 10.2 Å². The molecule has 1 aromatic heterocycles. The zero-order valence-corrected chi connectivity index (χ0v) is 24.1. The molecule has 40 heavy (non-hydrogen) atoms. The Kier molecular flexibility index (Phi) is 8.41. The number of rotatable bonds is 8. The fourth-order valence-corrected chi connectivity index (χ4v) is 5.15. The third-order valence-corrected chi connectivity index (χ3v) is 7.52. The molecule has 4 aromatic carbocycles. The van der Waals surface area contributed by atoms with Gasteiger partial charge in [0.05, 0.1) is 22.6 Å². The average Bonchev–Trinajstić information content (AvgIpc) is 2.97. The molecule has 6 nitrogen and oxygen atoms in total. The number of anilines is 1. The van der Waals surface area contributed by atoms with Crippen molar-refractivity contribution in [2.45, 2.75) is 32.7 Å². The predicted molar refractivity (Wildman–Crippen MR) is 165 cm³/mol. The van der Waals surface area contributed by atoms with Crippen molar-refractivity contribution in [1.29, 1.82) is 0 Å². The van der Waals surface area contributed by atoms with E-state index in [1.54, 1.807) is 15.5 Å². The number of hydrogen-bond donors (Lipinski definition) is 1.